The molecule has 4 heteroatoms. The van der Waals surface area contributed by atoms with Crippen molar-refractivity contribution >= 4 is 5.91 Å². The van der Waals surface area contributed by atoms with Crippen molar-refractivity contribution in [2.75, 3.05) is 13.1 Å². The molecule has 4 nitrogen and oxygen atoms in total. The minimum Gasteiger partial charge on any atom is -0.469 e. The molecule has 1 amide bonds. The molecule has 0 spiro atoms. The lowest BCUT2D eigenvalue weighted by Crippen LogP contribution is -2.47. The Morgan fingerprint density at radius 2 is 2.21 bits per heavy atom. The Labute approximate surface area is 114 Å². The van der Waals surface area contributed by atoms with Crippen LogP contribution in [0.1, 0.15) is 48.7 Å². The lowest BCUT2D eigenvalue weighted by atomic mass is 9.83. The molecule has 1 aliphatic carbocycles. The average molecular weight is 264 g/mol. The molecule has 1 heterocycles. The summed E-state index contributed by atoms with van der Waals surface area (Å²) >= 11 is 0. The zero-order chi connectivity index (χ0) is 13.8. The lowest BCUT2D eigenvalue weighted by Gasteiger charge is -2.39. The van der Waals surface area contributed by atoms with Crippen molar-refractivity contribution in [3.8, 4) is 0 Å². The highest BCUT2D eigenvalue weighted by Crippen LogP contribution is 2.29. The Hall–Kier alpha value is -1.29. The van der Waals surface area contributed by atoms with Crippen LogP contribution in [0.3, 0.4) is 0 Å². The fraction of sp³-hybridized carbons (Fsp3) is 0.667. The van der Waals surface area contributed by atoms with Crippen LogP contribution in [0.4, 0.5) is 0 Å². The maximum atomic E-state index is 12.6. The first-order valence-corrected chi connectivity index (χ1v) is 7.23. The lowest BCUT2D eigenvalue weighted by molar-refractivity contribution is 0.0559. The van der Waals surface area contributed by atoms with Gasteiger partial charge < -0.3 is 15.1 Å². The van der Waals surface area contributed by atoms with Crippen LogP contribution in [0.2, 0.25) is 0 Å². The van der Waals surface area contributed by atoms with Gasteiger partial charge in [0, 0.05) is 12.6 Å². The molecule has 0 aromatic carbocycles. The Bertz CT molecular complexity index is 428. The van der Waals surface area contributed by atoms with E-state index in [1.807, 2.05) is 24.8 Å². The number of carbonyl (C=O) groups is 1. The minimum absolute atomic E-state index is 0.0738. The Balaban J connectivity index is 2.16. The number of carbonyl (C=O) groups excluding carboxylic acids is 1. The summed E-state index contributed by atoms with van der Waals surface area (Å²) < 4.78 is 5.25. The van der Waals surface area contributed by atoms with E-state index < -0.39 is 0 Å². The average Bonchev–Trinajstić information content (AvgIpc) is 2.86. The molecule has 1 aromatic rings. The summed E-state index contributed by atoms with van der Waals surface area (Å²) in [4.78, 5) is 14.5. The second kappa shape index (κ2) is 6.24. The van der Waals surface area contributed by atoms with Gasteiger partial charge in [0.15, 0.2) is 0 Å². The number of nitrogens with two attached hydrogens (primary N) is 1. The van der Waals surface area contributed by atoms with Gasteiger partial charge in [-0.15, -0.1) is 0 Å². The van der Waals surface area contributed by atoms with Crippen molar-refractivity contribution < 1.29 is 9.21 Å². The van der Waals surface area contributed by atoms with Gasteiger partial charge in [0.05, 0.1) is 5.56 Å². The Morgan fingerprint density at radius 1 is 1.47 bits per heavy atom. The Morgan fingerprint density at radius 3 is 2.79 bits per heavy atom. The van der Waals surface area contributed by atoms with Crippen molar-refractivity contribution in [1.82, 2.24) is 4.90 Å². The third-order valence-corrected chi connectivity index (χ3v) is 4.15. The van der Waals surface area contributed by atoms with E-state index in [4.69, 9.17) is 10.2 Å². The summed E-state index contributed by atoms with van der Waals surface area (Å²) in [5, 5.41) is 0. The highest BCUT2D eigenvalue weighted by atomic mass is 16.3. The number of hydrogen-bond donors (Lipinski definition) is 1. The molecule has 1 aromatic heterocycles. The Kier molecular flexibility index (Phi) is 4.64. The summed E-state index contributed by atoms with van der Waals surface area (Å²) in [5.74, 6) is 1.29. The summed E-state index contributed by atoms with van der Waals surface area (Å²) in [6.07, 6.45) is 6.18. The number of rotatable bonds is 4. The van der Waals surface area contributed by atoms with Crippen LogP contribution >= 0.6 is 0 Å². The minimum atomic E-state index is 0.0738. The van der Waals surface area contributed by atoms with Gasteiger partial charge in [0.1, 0.15) is 12.0 Å². The number of aryl methyl sites for hydroxylation is 1. The standard InChI is InChI=1S/C15H24N2O2/c1-3-17(14-7-5-4-6-12(14)9-16)15(18)13-8-11(2)19-10-13/h8,10,12,14H,3-7,9,16H2,1-2H3. The second-order valence-electron chi connectivity index (χ2n) is 5.38. The van der Waals surface area contributed by atoms with Crippen LogP contribution in [0, 0.1) is 12.8 Å². The van der Waals surface area contributed by atoms with Gasteiger partial charge in [-0.2, -0.15) is 0 Å². The molecule has 106 valence electrons. The largest absolute Gasteiger partial charge is 0.469 e. The van der Waals surface area contributed by atoms with Crippen LogP contribution in [-0.2, 0) is 0 Å². The second-order valence-corrected chi connectivity index (χ2v) is 5.38. The van der Waals surface area contributed by atoms with Gasteiger partial charge in [-0.3, -0.25) is 4.79 Å². The van der Waals surface area contributed by atoms with E-state index in [2.05, 4.69) is 0 Å². The predicted molar refractivity (Wildman–Crippen MR) is 75.0 cm³/mol. The van der Waals surface area contributed by atoms with Crippen molar-refractivity contribution in [1.29, 1.82) is 0 Å². The first kappa shape index (κ1) is 14.1. The van der Waals surface area contributed by atoms with E-state index in [0.717, 1.165) is 25.1 Å². The van der Waals surface area contributed by atoms with Crippen LogP contribution in [-0.4, -0.2) is 29.9 Å². The first-order chi connectivity index (χ1) is 9.17. The predicted octanol–water partition coefficient (Wildman–Crippen LogP) is 2.57. The number of nitrogens with zero attached hydrogens (tertiary/aromatic N) is 1. The normalized spacial score (nSPS) is 23.3. The van der Waals surface area contributed by atoms with Crippen molar-refractivity contribution in [2.45, 2.75) is 45.6 Å². The van der Waals surface area contributed by atoms with E-state index in [-0.39, 0.29) is 11.9 Å². The zero-order valence-corrected chi connectivity index (χ0v) is 11.9. The van der Waals surface area contributed by atoms with E-state index in [0.29, 0.717) is 18.0 Å². The molecule has 2 rings (SSSR count). The summed E-state index contributed by atoms with van der Waals surface area (Å²) in [5.41, 5.74) is 6.53. The van der Waals surface area contributed by atoms with E-state index >= 15 is 0 Å². The molecule has 1 fully saturated rings. The van der Waals surface area contributed by atoms with Crippen molar-refractivity contribution in [3.63, 3.8) is 0 Å². The fourth-order valence-electron chi connectivity index (χ4n) is 3.12. The molecular weight excluding hydrogens is 240 g/mol. The molecule has 0 radical (unpaired) electrons. The highest BCUT2D eigenvalue weighted by Gasteiger charge is 2.32. The van der Waals surface area contributed by atoms with Gasteiger partial charge in [0.2, 0.25) is 0 Å². The van der Waals surface area contributed by atoms with E-state index in [9.17, 15) is 4.79 Å². The maximum absolute atomic E-state index is 12.6. The molecule has 1 aliphatic rings. The number of hydrogen-bond acceptors (Lipinski definition) is 3. The molecule has 0 saturated heterocycles. The zero-order valence-electron chi connectivity index (χ0n) is 11.9. The molecule has 2 unspecified atom stereocenters. The molecule has 1 saturated carbocycles. The van der Waals surface area contributed by atoms with Crippen molar-refractivity contribution in [3.05, 3.63) is 23.7 Å². The van der Waals surface area contributed by atoms with Crippen LogP contribution in [0.15, 0.2) is 16.7 Å². The number of furan rings is 1. The summed E-state index contributed by atoms with van der Waals surface area (Å²) in [7, 11) is 0. The third kappa shape index (κ3) is 3.00. The van der Waals surface area contributed by atoms with Gasteiger partial charge >= 0.3 is 0 Å². The molecular formula is C15H24N2O2. The van der Waals surface area contributed by atoms with Crippen LogP contribution in [0.5, 0.6) is 0 Å². The smallest absolute Gasteiger partial charge is 0.257 e. The molecule has 0 aliphatic heterocycles. The van der Waals surface area contributed by atoms with Gasteiger partial charge in [-0.05, 0) is 45.2 Å². The summed E-state index contributed by atoms with van der Waals surface area (Å²) in [6, 6.07) is 2.09. The monoisotopic (exact) mass is 264 g/mol. The molecule has 2 N–H and O–H groups in total. The number of amides is 1. The van der Waals surface area contributed by atoms with Gasteiger partial charge in [-0.1, -0.05) is 12.8 Å². The topological polar surface area (TPSA) is 59.5 Å². The van der Waals surface area contributed by atoms with Crippen LogP contribution < -0.4 is 5.73 Å². The SMILES string of the molecule is CCN(C(=O)c1coc(C)c1)C1CCCCC1CN. The van der Waals surface area contributed by atoms with Gasteiger partial charge in [0.25, 0.3) is 5.91 Å². The van der Waals surface area contributed by atoms with E-state index in [1.165, 1.54) is 12.8 Å². The summed E-state index contributed by atoms with van der Waals surface area (Å²) in [6.45, 7) is 5.28. The highest BCUT2D eigenvalue weighted by molar-refractivity contribution is 5.94. The van der Waals surface area contributed by atoms with Gasteiger partial charge in [-0.25, -0.2) is 0 Å². The third-order valence-electron chi connectivity index (χ3n) is 4.15. The quantitative estimate of drug-likeness (QED) is 0.909. The first-order valence-electron chi connectivity index (χ1n) is 7.23. The van der Waals surface area contributed by atoms with Crippen LogP contribution in [0.25, 0.3) is 0 Å². The fourth-order valence-corrected chi connectivity index (χ4v) is 3.12. The van der Waals surface area contributed by atoms with E-state index in [1.54, 1.807) is 6.26 Å². The molecule has 0 bridgehead atoms. The maximum Gasteiger partial charge on any atom is 0.257 e. The molecule has 2 atom stereocenters. The molecule has 19 heavy (non-hydrogen) atoms. The van der Waals surface area contributed by atoms with Crippen molar-refractivity contribution in [2.24, 2.45) is 11.7 Å².